The first-order valence-corrected chi connectivity index (χ1v) is 17.7. The lowest BCUT2D eigenvalue weighted by Gasteiger charge is -2.26. The van der Waals surface area contributed by atoms with Crippen LogP contribution in [0.1, 0.15) is 27.0 Å². The van der Waals surface area contributed by atoms with Gasteiger partial charge >= 0.3 is 0 Å². The Labute approximate surface area is 282 Å². The molecule has 0 radical (unpaired) electrons. The topological polar surface area (TPSA) is 130 Å². The lowest BCUT2D eigenvalue weighted by atomic mass is 9.98. The van der Waals surface area contributed by atoms with Crippen molar-refractivity contribution in [1.82, 2.24) is 20.3 Å². The third kappa shape index (κ3) is 4.94. The number of halogens is 2. The van der Waals surface area contributed by atoms with Crippen LogP contribution in [-0.4, -0.2) is 49.6 Å². The summed E-state index contributed by atoms with van der Waals surface area (Å²) in [4.78, 5) is 26.1. The summed E-state index contributed by atoms with van der Waals surface area (Å²) in [6, 6.07) is 16.9. The van der Waals surface area contributed by atoms with Gasteiger partial charge in [0.05, 0.1) is 28.9 Å². The predicted molar refractivity (Wildman–Crippen MR) is 183 cm³/mol. The van der Waals surface area contributed by atoms with Gasteiger partial charge in [-0.05, 0) is 54.6 Å². The molecule has 2 N–H and O–H groups in total. The smallest absolute Gasteiger partial charge is 0.255 e. The van der Waals surface area contributed by atoms with Gasteiger partial charge in [-0.3, -0.25) is 9.10 Å². The van der Waals surface area contributed by atoms with Crippen molar-refractivity contribution in [1.29, 1.82) is 0 Å². The molecule has 0 aliphatic carbocycles. The fourth-order valence-electron chi connectivity index (χ4n) is 6.20. The number of pyridine rings is 1. The largest absolute Gasteiger partial charge is 0.476 e. The van der Waals surface area contributed by atoms with Crippen molar-refractivity contribution >= 4 is 54.8 Å². The van der Waals surface area contributed by atoms with E-state index in [1.807, 2.05) is 5.38 Å². The normalized spacial score (nSPS) is 14.0. The van der Waals surface area contributed by atoms with Gasteiger partial charge in [0.1, 0.15) is 39.4 Å². The number of hydrogen-bond donors (Lipinski definition) is 2. The fourth-order valence-corrected chi connectivity index (χ4v) is 7.38. The number of hydrogen-bond acceptors (Lipinski definition) is 8. The van der Waals surface area contributed by atoms with Crippen molar-refractivity contribution in [3.63, 3.8) is 0 Å². The molecule has 10 nitrogen and oxygen atoms in total. The van der Waals surface area contributed by atoms with Crippen LogP contribution in [0.5, 0.6) is 5.75 Å². The molecule has 3 aromatic carbocycles. The monoisotopic (exact) mass is 697 g/mol. The number of amides is 1. The number of benzene rings is 3. The van der Waals surface area contributed by atoms with Crippen LogP contribution in [0.2, 0.25) is 0 Å². The Hall–Kier alpha value is -5.60. The first-order chi connectivity index (χ1) is 23.5. The second-order valence-corrected chi connectivity index (χ2v) is 14.4. The molecule has 8 rings (SSSR count). The Kier molecular flexibility index (Phi) is 7.05. The van der Waals surface area contributed by atoms with E-state index in [1.165, 1.54) is 61.8 Å². The minimum absolute atomic E-state index is 0.180. The zero-order valence-corrected chi connectivity index (χ0v) is 27.7. The minimum Gasteiger partial charge on any atom is -0.476 e. The van der Waals surface area contributed by atoms with Crippen LogP contribution >= 0.6 is 11.3 Å². The molecule has 0 bridgehead atoms. The molecule has 0 spiro atoms. The molecule has 14 heteroatoms. The Bertz CT molecular complexity index is 2560. The summed E-state index contributed by atoms with van der Waals surface area (Å²) in [7, 11) is -0.908. The van der Waals surface area contributed by atoms with Crippen LogP contribution in [0.25, 0.3) is 55.8 Å². The van der Waals surface area contributed by atoms with Gasteiger partial charge in [-0.25, -0.2) is 27.2 Å². The summed E-state index contributed by atoms with van der Waals surface area (Å²) in [6.45, 7) is 0. The lowest BCUT2D eigenvalue weighted by Crippen LogP contribution is -2.25. The molecule has 0 fully saturated rings. The number of sulfonamides is 1. The van der Waals surface area contributed by atoms with Crippen molar-refractivity contribution in [3.05, 3.63) is 106 Å². The van der Waals surface area contributed by atoms with Gasteiger partial charge < -0.3 is 19.5 Å². The average molecular weight is 698 g/mol. The molecule has 5 heterocycles. The van der Waals surface area contributed by atoms with Crippen LogP contribution < -0.4 is 14.4 Å². The highest BCUT2D eigenvalue weighted by atomic mass is 32.2. The summed E-state index contributed by atoms with van der Waals surface area (Å²) in [5.74, 6) is -0.749. The van der Waals surface area contributed by atoms with E-state index in [0.29, 0.717) is 60.8 Å². The molecule has 0 saturated carbocycles. The molecular weight excluding hydrogens is 673 g/mol. The number of thiazole rings is 1. The Morgan fingerprint density at radius 1 is 1.08 bits per heavy atom. The lowest BCUT2D eigenvalue weighted by molar-refractivity contribution is 0.0964. The first-order valence-electron chi connectivity index (χ1n) is 14.9. The van der Waals surface area contributed by atoms with Crippen molar-refractivity contribution < 1.29 is 31.1 Å². The maximum atomic E-state index is 15.4. The maximum Gasteiger partial charge on any atom is 0.255 e. The van der Waals surface area contributed by atoms with Crippen molar-refractivity contribution in [2.75, 3.05) is 24.7 Å². The van der Waals surface area contributed by atoms with Crippen LogP contribution in [0.3, 0.4) is 0 Å². The number of anilines is 1. The third-order valence-electron chi connectivity index (χ3n) is 8.57. The van der Waals surface area contributed by atoms with Crippen LogP contribution in [0, 0.1) is 11.6 Å². The SMILES string of the molecule is CNC(=O)c1c(-c2ccc(F)cc2)oc2cc(N(C)S(C)(=O)=O)c(-c3ccc4c(n3)-c3[nH]c5cccc(F)c5c3C(c3nccs3)O4)cc12. The number of carbonyl (C=O) groups is 1. The summed E-state index contributed by atoms with van der Waals surface area (Å²) in [6.07, 6.45) is 2.03. The number of rotatable bonds is 6. The summed E-state index contributed by atoms with van der Waals surface area (Å²) in [5, 5.41) is 5.84. The standard InChI is InChI=1S/C35H25F2N5O5S2/c1-38-34(43)27-20-15-19(24(42(2)49(3,44)45)16-26(20)47-32(27)17-7-9-18(36)10-8-17)22-11-12-25-30(40-22)31-29(33(46-25)35-39-13-14-48-35)28-21(37)5-4-6-23(28)41-31/h4-16,33,41H,1-3H3,(H,38,43). The highest BCUT2D eigenvalue weighted by Gasteiger charge is 2.35. The molecular formula is C35H25F2N5O5S2. The highest BCUT2D eigenvalue weighted by Crippen LogP contribution is 2.49. The molecule has 4 aromatic heterocycles. The predicted octanol–water partition coefficient (Wildman–Crippen LogP) is 7.28. The van der Waals surface area contributed by atoms with Gasteiger partial charge in [0, 0.05) is 64.7 Å². The van der Waals surface area contributed by atoms with Gasteiger partial charge in [-0.15, -0.1) is 11.3 Å². The van der Waals surface area contributed by atoms with E-state index >= 15 is 4.39 Å². The molecule has 246 valence electrons. The number of furan rings is 1. The Morgan fingerprint density at radius 3 is 2.59 bits per heavy atom. The van der Waals surface area contributed by atoms with Gasteiger partial charge in [0.2, 0.25) is 10.0 Å². The Balaban J connectivity index is 1.38. The molecule has 1 aliphatic heterocycles. The highest BCUT2D eigenvalue weighted by molar-refractivity contribution is 7.92. The number of carbonyl (C=O) groups excluding carboxylic acids is 1. The average Bonchev–Trinajstić information content (AvgIpc) is 3.85. The van der Waals surface area contributed by atoms with Crippen molar-refractivity contribution in [2.24, 2.45) is 0 Å². The zero-order chi connectivity index (χ0) is 34.2. The summed E-state index contributed by atoms with van der Waals surface area (Å²) in [5.41, 5.74) is 3.82. The Morgan fingerprint density at radius 2 is 1.88 bits per heavy atom. The first kappa shape index (κ1) is 30.7. The molecule has 1 amide bonds. The van der Waals surface area contributed by atoms with E-state index in [9.17, 15) is 17.6 Å². The molecule has 0 saturated heterocycles. The van der Waals surface area contributed by atoms with Gasteiger partial charge in [-0.2, -0.15) is 0 Å². The van der Waals surface area contributed by atoms with Gasteiger partial charge in [-0.1, -0.05) is 6.07 Å². The second kappa shape index (κ2) is 11.2. The van der Waals surface area contributed by atoms with Gasteiger partial charge in [0.15, 0.2) is 6.10 Å². The van der Waals surface area contributed by atoms with E-state index < -0.39 is 33.7 Å². The third-order valence-corrected chi connectivity index (χ3v) is 10.6. The van der Waals surface area contributed by atoms with E-state index in [2.05, 4.69) is 15.3 Å². The van der Waals surface area contributed by atoms with Gasteiger partial charge in [0.25, 0.3) is 5.91 Å². The molecule has 1 aliphatic rings. The quantitative estimate of drug-likeness (QED) is 0.187. The number of H-pyrrole nitrogens is 1. The number of nitrogens with zero attached hydrogens (tertiary/aromatic N) is 3. The minimum atomic E-state index is -3.79. The number of ether oxygens (including phenoxy) is 1. The van der Waals surface area contributed by atoms with Crippen molar-refractivity contribution in [3.8, 4) is 39.7 Å². The second-order valence-electron chi connectivity index (χ2n) is 11.5. The summed E-state index contributed by atoms with van der Waals surface area (Å²) < 4.78 is 68.7. The summed E-state index contributed by atoms with van der Waals surface area (Å²) >= 11 is 1.39. The molecule has 7 aromatic rings. The van der Waals surface area contributed by atoms with Crippen LogP contribution in [0.4, 0.5) is 14.5 Å². The molecule has 49 heavy (non-hydrogen) atoms. The van der Waals surface area contributed by atoms with E-state index in [-0.39, 0.29) is 22.6 Å². The van der Waals surface area contributed by atoms with Crippen molar-refractivity contribution in [2.45, 2.75) is 6.10 Å². The number of nitrogens with one attached hydrogen (secondary N) is 2. The van der Waals surface area contributed by atoms with Crippen LogP contribution in [0.15, 0.2) is 82.7 Å². The molecule has 1 unspecified atom stereocenters. The van der Waals surface area contributed by atoms with E-state index in [0.717, 1.165) is 10.6 Å². The fraction of sp³-hybridized carbons (Fsp3) is 0.114. The molecule has 1 atom stereocenters. The van der Waals surface area contributed by atoms with E-state index in [1.54, 1.807) is 36.5 Å². The maximum absolute atomic E-state index is 15.4. The number of fused-ring (bicyclic) bond motifs is 6. The number of aromatic amines is 1. The zero-order valence-electron chi connectivity index (χ0n) is 26.0. The van der Waals surface area contributed by atoms with Crippen LogP contribution in [-0.2, 0) is 10.0 Å². The van der Waals surface area contributed by atoms with E-state index in [4.69, 9.17) is 14.1 Å². The number of aromatic nitrogens is 3.